The van der Waals surface area contributed by atoms with E-state index in [1.54, 1.807) is 11.3 Å². The molecule has 1 aromatic carbocycles. The number of hydrogen-bond acceptors (Lipinski definition) is 6. The third-order valence-electron chi connectivity index (χ3n) is 5.35. The molecule has 0 radical (unpaired) electrons. The standard InChI is InChI=1S/C22H22N4OS/c1-16-21-22(27-24-16)20(13-19(23-21)18-7-12-28-15-18)26-10-8-25(9-11-26)14-17-5-3-2-4-6-17/h2-7,12-13,15H,8-11,14H2,1H3. The summed E-state index contributed by atoms with van der Waals surface area (Å²) in [5.74, 6) is 0. The molecule has 0 atom stereocenters. The normalized spacial score (nSPS) is 15.4. The smallest absolute Gasteiger partial charge is 0.208 e. The average Bonchev–Trinajstić information content (AvgIpc) is 3.39. The van der Waals surface area contributed by atoms with Gasteiger partial charge in [-0.1, -0.05) is 35.5 Å². The summed E-state index contributed by atoms with van der Waals surface area (Å²) in [6.07, 6.45) is 0. The highest BCUT2D eigenvalue weighted by atomic mass is 32.1. The van der Waals surface area contributed by atoms with Crippen molar-refractivity contribution in [1.82, 2.24) is 15.0 Å². The molecule has 1 saturated heterocycles. The molecule has 0 N–H and O–H groups in total. The number of fused-ring (bicyclic) bond motifs is 1. The van der Waals surface area contributed by atoms with E-state index in [-0.39, 0.29) is 0 Å². The van der Waals surface area contributed by atoms with Crippen molar-refractivity contribution in [1.29, 1.82) is 0 Å². The van der Waals surface area contributed by atoms with Crippen molar-refractivity contribution in [2.75, 3.05) is 31.1 Å². The van der Waals surface area contributed by atoms with Gasteiger partial charge in [0.1, 0.15) is 11.2 Å². The molecule has 1 aliphatic heterocycles. The fourth-order valence-electron chi connectivity index (χ4n) is 3.79. The van der Waals surface area contributed by atoms with E-state index in [1.165, 1.54) is 5.56 Å². The second-order valence-electron chi connectivity index (χ2n) is 7.23. The minimum absolute atomic E-state index is 0.799. The van der Waals surface area contributed by atoms with Crippen molar-refractivity contribution in [3.8, 4) is 11.3 Å². The van der Waals surface area contributed by atoms with Crippen molar-refractivity contribution < 1.29 is 4.52 Å². The Hall–Kier alpha value is -2.70. The van der Waals surface area contributed by atoms with Crippen LogP contribution >= 0.6 is 11.3 Å². The van der Waals surface area contributed by atoms with Crippen LogP contribution in [0.25, 0.3) is 22.4 Å². The SMILES string of the molecule is Cc1noc2c(N3CCN(Cc4ccccc4)CC3)cc(-c3ccsc3)nc12. The number of pyridine rings is 1. The van der Waals surface area contributed by atoms with Crippen LogP contribution in [0.1, 0.15) is 11.3 Å². The molecule has 0 unspecified atom stereocenters. The van der Waals surface area contributed by atoms with Gasteiger partial charge in [-0.05, 0) is 30.0 Å². The summed E-state index contributed by atoms with van der Waals surface area (Å²) in [6.45, 7) is 6.95. The van der Waals surface area contributed by atoms with Crippen molar-refractivity contribution in [2.45, 2.75) is 13.5 Å². The van der Waals surface area contributed by atoms with Gasteiger partial charge in [-0.15, -0.1) is 0 Å². The highest BCUT2D eigenvalue weighted by molar-refractivity contribution is 7.08. The van der Waals surface area contributed by atoms with E-state index >= 15 is 0 Å². The third kappa shape index (κ3) is 3.30. The van der Waals surface area contributed by atoms with Crippen molar-refractivity contribution in [3.63, 3.8) is 0 Å². The minimum Gasteiger partial charge on any atom is -0.366 e. The first-order valence-electron chi connectivity index (χ1n) is 9.59. The van der Waals surface area contributed by atoms with Gasteiger partial charge in [0, 0.05) is 43.7 Å². The predicted octanol–water partition coefficient (Wildman–Crippen LogP) is 4.58. The Morgan fingerprint density at radius 3 is 2.64 bits per heavy atom. The number of nitrogens with zero attached hydrogens (tertiary/aromatic N) is 4. The molecule has 28 heavy (non-hydrogen) atoms. The summed E-state index contributed by atoms with van der Waals surface area (Å²) >= 11 is 1.69. The van der Waals surface area contributed by atoms with E-state index in [2.05, 4.69) is 68.2 Å². The Kier molecular flexibility index (Phi) is 4.58. The molecule has 1 aliphatic rings. The third-order valence-corrected chi connectivity index (χ3v) is 6.03. The lowest BCUT2D eigenvalue weighted by molar-refractivity contribution is 0.250. The molecular weight excluding hydrogens is 368 g/mol. The summed E-state index contributed by atoms with van der Waals surface area (Å²) < 4.78 is 5.66. The number of aryl methyl sites for hydroxylation is 1. The van der Waals surface area contributed by atoms with Crippen LogP contribution in [-0.4, -0.2) is 41.2 Å². The molecule has 0 saturated carbocycles. The Morgan fingerprint density at radius 1 is 1.07 bits per heavy atom. The zero-order valence-corrected chi connectivity index (χ0v) is 16.7. The van der Waals surface area contributed by atoms with Crippen LogP contribution < -0.4 is 4.90 Å². The van der Waals surface area contributed by atoms with Crippen molar-refractivity contribution in [3.05, 3.63) is 64.5 Å². The number of hydrogen-bond donors (Lipinski definition) is 0. The van der Waals surface area contributed by atoms with E-state index in [0.29, 0.717) is 0 Å². The molecule has 3 aromatic heterocycles. The lowest BCUT2D eigenvalue weighted by Crippen LogP contribution is -2.46. The molecule has 0 aliphatic carbocycles. The first-order chi connectivity index (χ1) is 13.8. The van der Waals surface area contributed by atoms with Crippen LogP contribution in [0.3, 0.4) is 0 Å². The van der Waals surface area contributed by atoms with E-state index < -0.39 is 0 Å². The fraction of sp³-hybridized carbons (Fsp3) is 0.273. The first-order valence-corrected chi connectivity index (χ1v) is 10.5. The number of aromatic nitrogens is 2. The lowest BCUT2D eigenvalue weighted by atomic mass is 10.1. The van der Waals surface area contributed by atoms with Crippen LogP contribution in [0.4, 0.5) is 5.69 Å². The van der Waals surface area contributed by atoms with Gasteiger partial charge >= 0.3 is 0 Å². The first kappa shape index (κ1) is 17.4. The van der Waals surface area contributed by atoms with Crippen LogP contribution in [-0.2, 0) is 6.54 Å². The maximum atomic E-state index is 5.66. The van der Waals surface area contributed by atoms with E-state index in [4.69, 9.17) is 9.51 Å². The van der Waals surface area contributed by atoms with Gasteiger partial charge < -0.3 is 9.42 Å². The average molecular weight is 391 g/mol. The van der Waals surface area contributed by atoms with Gasteiger partial charge in [0.25, 0.3) is 0 Å². The Labute approximate surface area is 168 Å². The predicted molar refractivity (Wildman–Crippen MR) is 114 cm³/mol. The molecule has 0 spiro atoms. The Morgan fingerprint density at radius 2 is 1.89 bits per heavy atom. The molecule has 4 aromatic rings. The molecule has 0 amide bonds. The fourth-order valence-corrected chi connectivity index (χ4v) is 4.44. The monoisotopic (exact) mass is 390 g/mol. The zero-order chi connectivity index (χ0) is 18.9. The van der Waals surface area contributed by atoms with Gasteiger partial charge in [0.15, 0.2) is 0 Å². The number of piperazine rings is 1. The largest absolute Gasteiger partial charge is 0.366 e. The molecule has 6 heteroatoms. The highest BCUT2D eigenvalue weighted by Gasteiger charge is 2.23. The summed E-state index contributed by atoms with van der Waals surface area (Å²) in [5.41, 5.74) is 7.12. The molecule has 5 nitrogen and oxygen atoms in total. The van der Waals surface area contributed by atoms with Crippen LogP contribution in [0.15, 0.2) is 57.7 Å². The van der Waals surface area contributed by atoms with E-state index in [0.717, 1.165) is 66.5 Å². The number of benzene rings is 1. The van der Waals surface area contributed by atoms with Gasteiger partial charge in [-0.25, -0.2) is 4.98 Å². The van der Waals surface area contributed by atoms with Crippen molar-refractivity contribution in [2.24, 2.45) is 0 Å². The van der Waals surface area contributed by atoms with E-state index in [9.17, 15) is 0 Å². The van der Waals surface area contributed by atoms with Gasteiger partial charge in [0.2, 0.25) is 5.58 Å². The van der Waals surface area contributed by atoms with Crippen LogP contribution in [0.5, 0.6) is 0 Å². The van der Waals surface area contributed by atoms with Crippen LogP contribution in [0.2, 0.25) is 0 Å². The van der Waals surface area contributed by atoms with Crippen LogP contribution in [0, 0.1) is 6.92 Å². The second kappa shape index (κ2) is 7.37. The van der Waals surface area contributed by atoms with Gasteiger partial charge in [-0.2, -0.15) is 11.3 Å². The number of thiophene rings is 1. The lowest BCUT2D eigenvalue weighted by Gasteiger charge is -2.36. The zero-order valence-electron chi connectivity index (χ0n) is 15.8. The van der Waals surface area contributed by atoms with E-state index in [1.807, 2.05) is 6.92 Å². The summed E-state index contributed by atoms with van der Waals surface area (Å²) in [4.78, 5) is 9.74. The van der Waals surface area contributed by atoms with Gasteiger partial charge in [-0.3, -0.25) is 4.90 Å². The van der Waals surface area contributed by atoms with Crippen molar-refractivity contribution >= 4 is 28.1 Å². The Balaban J connectivity index is 1.40. The molecule has 142 valence electrons. The minimum atomic E-state index is 0.799. The number of rotatable bonds is 4. The second-order valence-corrected chi connectivity index (χ2v) is 8.01. The molecule has 0 bridgehead atoms. The maximum Gasteiger partial charge on any atom is 0.208 e. The quantitative estimate of drug-likeness (QED) is 0.510. The maximum absolute atomic E-state index is 5.66. The molecule has 5 rings (SSSR count). The molecular formula is C22H22N4OS. The number of anilines is 1. The van der Waals surface area contributed by atoms with Gasteiger partial charge in [0.05, 0.1) is 11.4 Å². The topological polar surface area (TPSA) is 45.4 Å². The summed E-state index contributed by atoms with van der Waals surface area (Å²) in [7, 11) is 0. The Bertz CT molecular complexity index is 1070. The molecule has 1 fully saturated rings. The summed E-state index contributed by atoms with van der Waals surface area (Å²) in [5, 5.41) is 8.40. The summed E-state index contributed by atoms with van der Waals surface area (Å²) in [6, 6.07) is 15.0. The highest BCUT2D eigenvalue weighted by Crippen LogP contribution is 2.33. The molecule has 4 heterocycles.